The molecule has 0 fully saturated rings. The van der Waals surface area contributed by atoms with Gasteiger partial charge in [0.1, 0.15) is 17.0 Å². The van der Waals surface area contributed by atoms with Crippen LogP contribution in [0.5, 0.6) is 0 Å². The Morgan fingerprint density at radius 3 is 1.94 bits per heavy atom. The zero-order valence-corrected chi connectivity index (χ0v) is 26.9. The maximum absolute atomic E-state index is 6.42. The number of fused-ring (bicyclic) bond motifs is 8. The molecule has 4 heterocycles. The summed E-state index contributed by atoms with van der Waals surface area (Å²) in [5.74, 6) is 2.93. The fourth-order valence-electron chi connectivity index (χ4n) is 7.36. The predicted octanol–water partition coefficient (Wildman–Crippen LogP) is 10.4. The Morgan fingerprint density at radius 1 is 0.531 bits per heavy atom. The maximum atomic E-state index is 6.42. The van der Waals surface area contributed by atoms with Gasteiger partial charge in [-0.3, -0.25) is 4.57 Å². The topological polar surface area (TPSA) is 69.6 Å². The molecule has 0 saturated heterocycles. The van der Waals surface area contributed by atoms with Gasteiger partial charge in [0.2, 0.25) is 0 Å². The van der Waals surface area contributed by atoms with E-state index in [0.717, 1.165) is 66.6 Å². The Kier molecular flexibility index (Phi) is 5.82. The largest absolute Gasteiger partial charge is 0.456 e. The molecule has 0 radical (unpaired) electrons. The number of hydrogen-bond donors (Lipinski definition) is 0. The molecule has 3 aromatic heterocycles. The van der Waals surface area contributed by atoms with E-state index in [-0.39, 0.29) is 5.41 Å². The van der Waals surface area contributed by atoms with Crippen molar-refractivity contribution < 1.29 is 4.42 Å². The van der Waals surface area contributed by atoms with Crippen molar-refractivity contribution in [2.45, 2.75) is 19.3 Å². The van der Waals surface area contributed by atoms with Gasteiger partial charge in [-0.25, -0.2) is 19.9 Å². The standard InChI is InChI=1S/C43H29N5O/c1-43(2)32-17-9-10-18-34(32)48-35-22-20-29(25-33(35)44-42(43)48)28-21-23-36-31(24-28)38-30(16-11-19-37(38)49-36)41-46-39(26-12-5-3-6-13-26)45-40(47-41)27-14-7-4-8-15-27/h3-25H,1-2H3. The van der Waals surface area contributed by atoms with E-state index in [1.807, 2.05) is 72.8 Å². The molecule has 1 aliphatic rings. The first kappa shape index (κ1) is 27.7. The van der Waals surface area contributed by atoms with Gasteiger partial charge >= 0.3 is 0 Å². The molecular formula is C43H29N5O. The zero-order valence-electron chi connectivity index (χ0n) is 26.9. The lowest BCUT2D eigenvalue weighted by molar-refractivity contribution is 0.621. The molecule has 6 heteroatoms. The molecule has 9 aromatic rings. The second kappa shape index (κ2) is 10.3. The number of imidazole rings is 1. The average molecular weight is 632 g/mol. The number of nitrogens with zero attached hydrogens (tertiary/aromatic N) is 5. The molecule has 0 amide bonds. The van der Waals surface area contributed by atoms with Crippen LogP contribution in [0.3, 0.4) is 0 Å². The van der Waals surface area contributed by atoms with Crippen LogP contribution in [-0.4, -0.2) is 24.5 Å². The molecule has 0 N–H and O–H groups in total. The van der Waals surface area contributed by atoms with Crippen molar-refractivity contribution in [1.82, 2.24) is 24.5 Å². The van der Waals surface area contributed by atoms with E-state index in [2.05, 4.69) is 85.1 Å². The summed E-state index contributed by atoms with van der Waals surface area (Å²) in [6.45, 7) is 4.51. The lowest BCUT2D eigenvalue weighted by Gasteiger charge is -2.17. The highest BCUT2D eigenvalue weighted by molar-refractivity contribution is 6.13. The molecule has 10 rings (SSSR count). The minimum Gasteiger partial charge on any atom is -0.456 e. The first-order chi connectivity index (χ1) is 24.0. The molecule has 0 unspecified atom stereocenters. The molecule has 6 nitrogen and oxygen atoms in total. The molecule has 6 aromatic carbocycles. The van der Waals surface area contributed by atoms with E-state index in [1.165, 1.54) is 11.3 Å². The minimum atomic E-state index is -0.170. The van der Waals surface area contributed by atoms with Crippen LogP contribution in [0.1, 0.15) is 25.2 Å². The second-order valence-electron chi connectivity index (χ2n) is 13.1. The molecule has 0 spiro atoms. The quantitative estimate of drug-likeness (QED) is 0.193. The van der Waals surface area contributed by atoms with Crippen LogP contribution in [-0.2, 0) is 5.41 Å². The van der Waals surface area contributed by atoms with Gasteiger partial charge in [0.05, 0.1) is 22.1 Å². The molecular weight excluding hydrogens is 603 g/mol. The average Bonchev–Trinajstić information content (AvgIpc) is 3.80. The first-order valence-electron chi connectivity index (χ1n) is 16.5. The zero-order chi connectivity index (χ0) is 32.7. The van der Waals surface area contributed by atoms with E-state index in [9.17, 15) is 0 Å². The van der Waals surface area contributed by atoms with Crippen LogP contribution in [0, 0.1) is 0 Å². The summed E-state index contributed by atoms with van der Waals surface area (Å²) in [6, 6.07) is 47.8. The SMILES string of the molecule is CC1(C)c2ccccc2-n2c1nc1cc(-c3ccc4oc5cccc(-c6nc(-c7ccccc7)nc(-c7ccccc7)n6)c5c4c3)ccc12. The highest BCUT2D eigenvalue weighted by Crippen LogP contribution is 2.45. The summed E-state index contributed by atoms with van der Waals surface area (Å²) in [5.41, 5.74) is 11.0. The Labute approximate surface area is 282 Å². The van der Waals surface area contributed by atoms with Gasteiger partial charge in [0.25, 0.3) is 0 Å². The van der Waals surface area contributed by atoms with Gasteiger partial charge in [-0.15, -0.1) is 0 Å². The van der Waals surface area contributed by atoms with E-state index < -0.39 is 0 Å². The van der Waals surface area contributed by atoms with Gasteiger partial charge in [0.15, 0.2) is 17.5 Å². The molecule has 0 atom stereocenters. The minimum absolute atomic E-state index is 0.170. The van der Waals surface area contributed by atoms with Gasteiger partial charge in [-0.05, 0) is 66.9 Å². The number of benzene rings is 6. The highest BCUT2D eigenvalue weighted by Gasteiger charge is 2.38. The van der Waals surface area contributed by atoms with Crippen molar-refractivity contribution in [1.29, 1.82) is 0 Å². The fraction of sp³-hybridized carbons (Fsp3) is 0.0698. The summed E-state index contributed by atoms with van der Waals surface area (Å²) in [6.07, 6.45) is 0. The van der Waals surface area contributed by atoms with Crippen molar-refractivity contribution in [2.24, 2.45) is 0 Å². The van der Waals surface area contributed by atoms with Crippen LogP contribution >= 0.6 is 0 Å². The lowest BCUT2D eigenvalue weighted by atomic mass is 9.86. The number of para-hydroxylation sites is 1. The molecule has 0 saturated carbocycles. The summed E-state index contributed by atoms with van der Waals surface area (Å²) < 4.78 is 8.73. The second-order valence-corrected chi connectivity index (χ2v) is 13.1. The van der Waals surface area contributed by atoms with E-state index in [0.29, 0.717) is 17.5 Å². The molecule has 0 bridgehead atoms. The summed E-state index contributed by atoms with van der Waals surface area (Å²) in [4.78, 5) is 20.1. The first-order valence-corrected chi connectivity index (χ1v) is 16.5. The van der Waals surface area contributed by atoms with Crippen LogP contribution in [0.4, 0.5) is 0 Å². The summed E-state index contributed by atoms with van der Waals surface area (Å²) >= 11 is 0. The predicted molar refractivity (Wildman–Crippen MR) is 196 cm³/mol. The lowest BCUT2D eigenvalue weighted by Crippen LogP contribution is -2.16. The van der Waals surface area contributed by atoms with Gasteiger partial charge < -0.3 is 4.42 Å². The third-order valence-corrected chi connectivity index (χ3v) is 9.80. The van der Waals surface area contributed by atoms with Crippen molar-refractivity contribution in [3.05, 3.63) is 151 Å². The normalized spacial score (nSPS) is 13.3. The maximum Gasteiger partial charge on any atom is 0.164 e. The Hall–Kier alpha value is -6.40. The van der Waals surface area contributed by atoms with E-state index in [4.69, 9.17) is 24.4 Å². The number of furan rings is 1. The Morgan fingerprint density at radius 2 is 1.18 bits per heavy atom. The van der Waals surface area contributed by atoms with E-state index in [1.54, 1.807) is 0 Å². The molecule has 232 valence electrons. The van der Waals surface area contributed by atoms with Crippen molar-refractivity contribution in [3.63, 3.8) is 0 Å². The van der Waals surface area contributed by atoms with Crippen LogP contribution in [0.2, 0.25) is 0 Å². The smallest absolute Gasteiger partial charge is 0.164 e. The number of rotatable bonds is 4. The Balaban J connectivity index is 1.14. The molecule has 49 heavy (non-hydrogen) atoms. The van der Waals surface area contributed by atoms with Gasteiger partial charge in [0, 0.05) is 27.5 Å². The van der Waals surface area contributed by atoms with Crippen molar-refractivity contribution in [2.75, 3.05) is 0 Å². The number of hydrogen-bond acceptors (Lipinski definition) is 5. The van der Waals surface area contributed by atoms with Crippen LogP contribution in [0.15, 0.2) is 144 Å². The Bertz CT molecular complexity index is 2680. The summed E-state index contributed by atoms with van der Waals surface area (Å²) in [7, 11) is 0. The monoisotopic (exact) mass is 631 g/mol. The fourth-order valence-corrected chi connectivity index (χ4v) is 7.36. The van der Waals surface area contributed by atoms with Gasteiger partial charge in [-0.1, -0.05) is 103 Å². The van der Waals surface area contributed by atoms with Gasteiger partial charge in [-0.2, -0.15) is 0 Å². The van der Waals surface area contributed by atoms with Crippen LogP contribution < -0.4 is 0 Å². The molecule has 0 aliphatic carbocycles. The third-order valence-electron chi connectivity index (χ3n) is 9.80. The third kappa shape index (κ3) is 4.20. The highest BCUT2D eigenvalue weighted by atomic mass is 16.3. The van der Waals surface area contributed by atoms with Crippen molar-refractivity contribution in [3.8, 4) is 51.0 Å². The van der Waals surface area contributed by atoms with Crippen LogP contribution in [0.25, 0.3) is 83.9 Å². The van der Waals surface area contributed by atoms with E-state index >= 15 is 0 Å². The van der Waals surface area contributed by atoms with Crippen molar-refractivity contribution >= 4 is 33.0 Å². The number of aromatic nitrogens is 5. The summed E-state index contributed by atoms with van der Waals surface area (Å²) in [5, 5.41) is 1.98. The molecule has 1 aliphatic heterocycles.